The Morgan fingerprint density at radius 2 is 1.34 bits per heavy atom. The quantitative estimate of drug-likeness (QED) is 0.400. The first kappa shape index (κ1) is 23.4. The van der Waals surface area contributed by atoms with E-state index in [4.69, 9.17) is 9.47 Å². The molecule has 3 aromatic rings. The molecular formula is C27H29NO4. The van der Waals surface area contributed by atoms with Crippen molar-refractivity contribution >= 4 is 5.78 Å². The molecule has 0 aliphatic rings. The van der Waals surface area contributed by atoms with E-state index in [1.807, 2.05) is 91.0 Å². The number of carbonyl (C=O) groups excluding carboxylic acids is 1. The maximum atomic E-state index is 12.8. The lowest BCUT2D eigenvalue weighted by atomic mass is 10.1. The van der Waals surface area contributed by atoms with Gasteiger partial charge in [0.15, 0.2) is 5.78 Å². The van der Waals surface area contributed by atoms with Gasteiger partial charge >= 0.3 is 0 Å². The predicted molar refractivity (Wildman–Crippen MR) is 125 cm³/mol. The van der Waals surface area contributed by atoms with E-state index in [-0.39, 0.29) is 19.0 Å². The zero-order valence-electron chi connectivity index (χ0n) is 18.0. The van der Waals surface area contributed by atoms with E-state index < -0.39 is 12.2 Å². The molecule has 3 rings (SSSR count). The molecule has 0 aromatic heterocycles. The highest BCUT2D eigenvalue weighted by molar-refractivity contribution is 5.94. The highest BCUT2D eigenvalue weighted by Crippen LogP contribution is 2.10. The van der Waals surface area contributed by atoms with Gasteiger partial charge in [-0.2, -0.15) is 0 Å². The van der Waals surface area contributed by atoms with Crippen LogP contribution in [0.15, 0.2) is 103 Å². The molecule has 0 saturated carbocycles. The second-order valence-corrected chi connectivity index (χ2v) is 7.39. The number of aliphatic hydroxyl groups is 1. The third kappa shape index (κ3) is 8.12. The molecule has 0 heterocycles. The SMILES string of the molecule is O=C(/C=C/NCc1ccccc1)[C@H](OCc1ccccc1)[C@H](O)COCc1ccccc1. The van der Waals surface area contributed by atoms with Crippen molar-refractivity contribution in [3.05, 3.63) is 120 Å². The van der Waals surface area contributed by atoms with Gasteiger partial charge in [0.05, 0.1) is 19.8 Å². The van der Waals surface area contributed by atoms with Crippen LogP contribution < -0.4 is 5.32 Å². The van der Waals surface area contributed by atoms with Crippen molar-refractivity contribution in [2.45, 2.75) is 32.0 Å². The van der Waals surface area contributed by atoms with Crippen molar-refractivity contribution in [1.82, 2.24) is 5.32 Å². The molecule has 0 aliphatic carbocycles. The third-order valence-electron chi connectivity index (χ3n) is 4.82. The van der Waals surface area contributed by atoms with E-state index in [9.17, 15) is 9.90 Å². The van der Waals surface area contributed by atoms with Gasteiger partial charge < -0.3 is 19.9 Å². The molecular weight excluding hydrogens is 402 g/mol. The normalized spacial score (nSPS) is 13.0. The molecule has 0 amide bonds. The van der Waals surface area contributed by atoms with Crippen LogP contribution in [0.5, 0.6) is 0 Å². The molecule has 0 unspecified atom stereocenters. The average molecular weight is 432 g/mol. The Kier molecular flexibility index (Phi) is 9.68. The summed E-state index contributed by atoms with van der Waals surface area (Å²) in [5, 5.41) is 13.7. The van der Waals surface area contributed by atoms with Crippen LogP contribution in [0.1, 0.15) is 16.7 Å². The Morgan fingerprint density at radius 1 is 0.812 bits per heavy atom. The fraction of sp³-hybridized carbons (Fsp3) is 0.222. The van der Waals surface area contributed by atoms with Gasteiger partial charge in [-0.3, -0.25) is 4.79 Å². The Labute approximate surface area is 189 Å². The van der Waals surface area contributed by atoms with E-state index >= 15 is 0 Å². The minimum atomic E-state index is -1.09. The van der Waals surface area contributed by atoms with Crippen LogP contribution in [0.25, 0.3) is 0 Å². The second-order valence-electron chi connectivity index (χ2n) is 7.39. The maximum Gasteiger partial charge on any atom is 0.188 e. The first-order valence-electron chi connectivity index (χ1n) is 10.7. The summed E-state index contributed by atoms with van der Waals surface area (Å²) in [6, 6.07) is 29.1. The fourth-order valence-corrected chi connectivity index (χ4v) is 3.11. The Balaban J connectivity index is 1.55. The summed E-state index contributed by atoms with van der Waals surface area (Å²) in [5.74, 6) is -0.322. The zero-order chi connectivity index (χ0) is 22.4. The molecule has 0 aliphatic heterocycles. The topological polar surface area (TPSA) is 67.8 Å². The number of hydrogen-bond donors (Lipinski definition) is 2. The van der Waals surface area contributed by atoms with Crippen LogP contribution in [-0.2, 0) is 34.0 Å². The lowest BCUT2D eigenvalue weighted by Gasteiger charge is -2.21. The molecule has 2 atom stereocenters. The number of ether oxygens (including phenoxy) is 2. The Hall–Kier alpha value is -3.25. The van der Waals surface area contributed by atoms with Gasteiger partial charge in [0.1, 0.15) is 12.2 Å². The summed E-state index contributed by atoms with van der Waals surface area (Å²) < 4.78 is 11.4. The van der Waals surface area contributed by atoms with Crippen LogP contribution in [0, 0.1) is 0 Å². The number of aliphatic hydroxyl groups excluding tert-OH is 1. The van der Waals surface area contributed by atoms with Crippen LogP contribution in [0.3, 0.4) is 0 Å². The van der Waals surface area contributed by atoms with Crippen molar-refractivity contribution in [1.29, 1.82) is 0 Å². The summed E-state index contributed by atoms with van der Waals surface area (Å²) in [6.45, 7) is 1.17. The van der Waals surface area contributed by atoms with Gasteiger partial charge in [0, 0.05) is 12.7 Å². The number of ketones is 1. The van der Waals surface area contributed by atoms with Crippen molar-refractivity contribution in [3.63, 3.8) is 0 Å². The van der Waals surface area contributed by atoms with Crippen LogP contribution in [-0.4, -0.2) is 29.7 Å². The lowest BCUT2D eigenvalue weighted by molar-refractivity contribution is -0.139. The summed E-state index contributed by atoms with van der Waals surface area (Å²) in [7, 11) is 0. The van der Waals surface area contributed by atoms with Gasteiger partial charge in [0.25, 0.3) is 0 Å². The van der Waals surface area contributed by atoms with Crippen molar-refractivity contribution < 1.29 is 19.4 Å². The van der Waals surface area contributed by atoms with E-state index in [1.54, 1.807) is 6.20 Å². The minimum absolute atomic E-state index is 0.00856. The largest absolute Gasteiger partial charge is 0.387 e. The first-order chi connectivity index (χ1) is 15.7. The van der Waals surface area contributed by atoms with Crippen LogP contribution in [0.2, 0.25) is 0 Å². The molecule has 3 aromatic carbocycles. The monoisotopic (exact) mass is 431 g/mol. The summed E-state index contributed by atoms with van der Waals surface area (Å²) in [4.78, 5) is 12.8. The molecule has 0 radical (unpaired) electrons. The number of hydrogen-bond acceptors (Lipinski definition) is 5. The summed E-state index contributed by atoms with van der Waals surface area (Å²) in [5.41, 5.74) is 3.03. The predicted octanol–water partition coefficient (Wildman–Crippen LogP) is 4.02. The molecule has 0 saturated heterocycles. The van der Waals surface area contributed by atoms with E-state index in [0.717, 1.165) is 16.7 Å². The lowest BCUT2D eigenvalue weighted by Crippen LogP contribution is -2.39. The number of benzene rings is 3. The highest BCUT2D eigenvalue weighted by Gasteiger charge is 2.26. The number of rotatable bonds is 13. The van der Waals surface area contributed by atoms with Gasteiger partial charge in [0.2, 0.25) is 0 Å². The Morgan fingerprint density at radius 3 is 1.94 bits per heavy atom. The van der Waals surface area contributed by atoms with E-state index in [0.29, 0.717) is 13.2 Å². The fourth-order valence-electron chi connectivity index (χ4n) is 3.11. The van der Waals surface area contributed by atoms with Crippen molar-refractivity contribution in [3.8, 4) is 0 Å². The van der Waals surface area contributed by atoms with Crippen LogP contribution in [0.4, 0.5) is 0 Å². The maximum absolute atomic E-state index is 12.8. The minimum Gasteiger partial charge on any atom is -0.387 e. The smallest absolute Gasteiger partial charge is 0.188 e. The molecule has 2 N–H and O–H groups in total. The van der Waals surface area contributed by atoms with Crippen LogP contribution >= 0.6 is 0 Å². The highest BCUT2D eigenvalue weighted by atomic mass is 16.5. The van der Waals surface area contributed by atoms with Gasteiger partial charge in [-0.15, -0.1) is 0 Å². The molecule has 5 heteroatoms. The number of carbonyl (C=O) groups is 1. The first-order valence-corrected chi connectivity index (χ1v) is 10.7. The molecule has 0 spiro atoms. The van der Waals surface area contributed by atoms with Gasteiger partial charge in [-0.05, 0) is 22.8 Å². The molecule has 0 bridgehead atoms. The Bertz CT molecular complexity index is 945. The van der Waals surface area contributed by atoms with Crippen molar-refractivity contribution in [2.75, 3.05) is 6.61 Å². The molecule has 5 nitrogen and oxygen atoms in total. The van der Waals surface area contributed by atoms with E-state index in [1.165, 1.54) is 6.08 Å². The second kappa shape index (κ2) is 13.2. The molecule has 166 valence electrons. The average Bonchev–Trinajstić information content (AvgIpc) is 2.84. The van der Waals surface area contributed by atoms with Gasteiger partial charge in [-0.25, -0.2) is 0 Å². The third-order valence-corrected chi connectivity index (χ3v) is 4.82. The van der Waals surface area contributed by atoms with Gasteiger partial charge in [-0.1, -0.05) is 91.0 Å². The van der Waals surface area contributed by atoms with E-state index in [2.05, 4.69) is 5.32 Å². The number of nitrogens with one attached hydrogen (secondary N) is 1. The standard InChI is InChI=1S/C27H29NO4/c29-25(16-17-28-18-22-10-4-1-5-11-22)27(32-20-24-14-8-3-9-15-24)26(30)21-31-19-23-12-6-2-7-13-23/h1-17,26-28,30H,18-21H2/b17-16+/t26-,27+/m1/s1. The zero-order valence-corrected chi connectivity index (χ0v) is 18.0. The molecule has 0 fully saturated rings. The summed E-state index contributed by atoms with van der Waals surface area (Å²) in [6.07, 6.45) is 0.875. The van der Waals surface area contributed by atoms with Crippen molar-refractivity contribution in [2.24, 2.45) is 0 Å². The summed E-state index contributed by atoms with van der Waals surface area (Å²) >= 11 is 0. The molecule has 32 heavy (non-hydrogen) atoms.